The molecule has 0 aromatic rings. The van der Waals surface area contributed by atoms with Crippen LogP contribution in [0.3, 0.4) is 0 Å². The van der Waals surface area contributed by atoms with Crippen LogP contribution < -0.4 is 10.6 Å². The van der Waals surface area contributed by atoms with Crippen LogP contribution in [0.1, 0.15) is 32.1 Å². The number of piperidine rings is 1. The number of ether oxygens (including phenoxy) is 1. The maximum atomic E-state index is 11.8. The van der Waals surface area contributed by atoms with E-state index in [1.807, 2.05) is 0 Å². The third-order valence-corrected chi connectivity index (χ3v) is 3.45. The fourth-order valence-electron chi connectivity index (χ4n) is 2.02. The maximum absolute atomic E-state index is 11.8. The number of rotatable bonds is 7. The molecule has 1 atom stereocenters. The van der Waals surface area contributed by atoms with Crippen molar-refractivity contribution >= 4 is 11.8 Å². The molecule has 1 saturated heterocycles. The number of nitrogens with one attached hydrogen (secondary N) is 2. The van der Waals surface area contributed by atoms with Crippen molar-refractivity contribution < 1.29 is 14.3 Å². The van der Waals surface area contributed by atoms with Gasteiger partial charge in [-0.15, -0.1) is 0 Å². The highest BCUT2D eigenvalue weighted by atomic mass is 16.5. The standard InChI is InChI=1S/C13H22N2O3/c16-12-5-4-11(8-15-12)13(17)14-6-1-7-18-9-10-2-3-10/h10-11H,1-9H2,(H,14,17)(H,15,16). The molecule has 0 spiro atoms. The highest BCUT2D eigenvalue weighted by molar-refractivity contribution is 5.83. The van der Waals surface area contributed by atoms with Gasteiger partial charge in [-0.3, -0.25) is 9.59 Å². The Hall–Kier alpha value is -1.10. The van der Waals surface area contributed by atoms with Crippen molar-refractivity contribution in [2.24, 2.45) is 11.8 Å². The van der Waals surface area contributed by atoms with Crippen molar-refractivity contribution in [3.05, 3.63) is 0 Å². The minimum Gasteiger partial charge on any atom is -0.381 e. The first-order valence-electron chi connectivity index (χ1n) is 6.88. The van der Waals surface area contributed by atoms with Crippen LogP contribution in [0.2, 0.25) is 0 Å². The molecular weight excluding hydrogens is 232 g/mol. The fraction of sp³-hybridized carbons (Fsp3) is 0.846. The Labute approximate surface area is 108 Å². The molecule has 1 aliphatic heterocycles. The first-order chi connectivity index (χ1) is 8.75. The molecule has 0 bridgehead atoms. The van der Waals surface area contributed by atoms with E-state index in [9.17, 15) is 9.59 Å². The van der Waals surface area contributed by atoms with Gasteiger partial charge in [-0.1, -0.05) is 0 Å². The van der Waals surface area contributed by atoms with Crippen molar-refractivity contribution in [2.45, 2.75) is 32.1 Å². The minimum atomic E-state index is -0.0601. The predicted octanol–water partition coefficient (Wildman–Crippen LogP) is 0.445. The fourth-order valence-corrected chi connectivity index (χ4v) is 2.02. The second kappa shape index (κ2) is 6.73. The van der Waals surface area contributed by atoms with Gasteiger partial charge in [0.1, 0.15) is 0 Å². The molecular formula is C13H22N2O3. The van der Waals surface area contributed by atoms with E-state index in [1.165, 1.54) is 12.8 Å². The number of hydrogen-bond acceptors (Lipinski definition) is 3. The molecule has 1 saturated carbocycles. The lowest BCUT2D eigenvalue weighted by molar-refractivity contribution is -0.128. The van der Waals surface area contributed by atoms with Crippen molar-refractivity contribution in [3.8, 4) is 0 Å². The second-order valence-electron chi connectivity index (χ2n) is 5.20. The topological polar surface area (TPSA) is 67.4 Å². The van der Waals surface area contributed by atoms with E-state index in [0.717, 1.165) is 25.6 Å². The number of carbonyl (C=O) groups is 2. The summed E-state index contributed by atoms with van der Waals surface area (Å²) in [5.41, 5.74) is 0. The molecule has 2 amide bonds. The van der Waals surface area contributed by atoms with Crippen LogP contribution in [0.4, 0.5) is 0 Å². The maximum Gasteiger partial charge on any atom is 0.224 e. The molecule has 5 nitrogen and oxygen atoms in total. The van der Waals surface area contributed by atoms with Crippen molar-refractivity contribution in [2.75, 3.05) is 26.3 Å². The summed E-state index contributed by atoms with van der Waals surface area (Å²) in [7, 11) is 0. The Kier molecular flexibility index (Phi) is 4.99. The monoisotopic (exact) mass is 254 g/mol. The molecule has 0 aromatic carbocycles. The molecule has 2 fully saturated rings. The summed E-state index contributed by atoms with van der Waals surface area (Å²) in [6.45, 7) is 2.73. The van der Waals surface area contributed by atoms with Gasteiger partial charge in [0.15, 0.2) is 0 Å². The summed E-state index contributed by atoms with van der Waals surface area (Å²) >= 11 is 0. The zero-order valence-corrected chi connectivity index (χ0v) is 10.7. The molecule has 1 heterocycles. The van der Waals surface area contributed by atoms with E-state index in [0.29, 0.717) is 25.9 Å². The normalized spacial score (nSPS) is 23.6. The summed E-state index contributed by atoms with van der Waals surface area (Å²) < 4.78 is 5.49. The largest absolute Gasteiger partial charge is 0.381 e. The van der Waals surface area contributed by atoms with Gasteiger partial charge in [0, 0.05) is 32.7 Å². The van der Waals surface area contributed by atoms with E-state index in [1.54, 1.807) is 0 Å². The SMILES string of the molecule is O=C1CCC(C(=O)NCCCOCC2CC2)CN1. The van der Waals surface area contributed by atoms with Gasteiger partial charge in [0.2, 0.25) is 11.8 Å². The zero-order valence-electron chi connectivity index (χ0n) is 10.7. The zero-order chi connectivity index (χ0) is 12.8. The van der Waals surface area contributed by atoms with Gasteiger partial charge in [0.25, 0.3) is 0 Å². The average molecular weight is 254 g/mol. The molecule has 1 aliphatic carbocycles. The quantitative estimate of drug-likeness (QED) is 0.648. The van der Waals surface area contributed by atoms with Crippen LogP contribution in [0.15, 0.2) is 0 Å². The molecule has 2 aliphatic rings. The molecule has 2 N–H and O–H groups in total. The smallest absolute Gasteiger partial charge is 0.224 e. The summed E-state index contributed by atoms with van der Waals surface area (Å²) in [6, 6.07) is 0. The van der Waals surface area contributed by atoms with Crippen LogP contribution in [0, 0.1) is 11.8 Å². The van der Waals surface area contributed by atoms with Crippen molar-refractivity contribution in [3.63, 3.8) is 0 Å². The summed E-state index contributed by atoms with van der Waals surface area (Å²) in [5.74, 6) is 0.838. The molecule has 1 unspecified atom stereocenters. The summed E-state index contributed by atoms with van der Waals surface area (Å²) in [5, 5.41) is 5.62. The average Bonchev–Trinajstić information content (AvgIpc) is 3.18. The molecule has 5 heteroatoms. The van der Waals surface area contributed by atoms with E-state index in [-0.39, 0.29) is 17.7 Å². The molecule has 0 radical (unpaired) electrons. The summed E-state index contributed by atoms with van der Waals surface area (Å²) in [4.78, 5) is 22.7. The lowest BCUT2D eigenvalue weighted by Crippen LogP contribution is -2.43. The predicted molar refractivity (Wildman–Crippen MR) is 66.9 cm³/mol. The van der Waals surface area contributed by atoms with Crippen LogP contribution in [-0.2, 0) is 14.3 Å². The van der Waals surface area contributed by atoms with Crippen LogP contribution in [0.25, 0.3) is 0 Å². The Morgan fingerprint density at radius 3 is 2.89 bits per heavy atom. The van der Waals surface area contributed by atoms with Crippen molar-refractivity contribution in [1.82, 2.24) is 10.6 Å². The lowest BCUT2D eigenvalue weighted by atomic mass is 9.98. The van der Waals surface area contributed by atoms with E-state index < -0.39 is 0 Å². The highest BCUT2D eigenvalue weighted by Crippen LogP contribution is 2.28. The Morgan fingerprint density at radius 2 is 2.22 bits per heavy atom. The van der Waals surface area contributed by atoms with E-state index >= 15 is 0 Å². The lowest BCUT2D eigenvalue weighted by Gasteiger charge is -2.21. The van der Waals surface area contributed by atoms with Gasteiger partial charge in [-0.25, -0.2) is 0 Å². The van der Waals surface area contributed by atoms with Gasteiger partial charge >= 0.3 is 0 Å². The Morgan fingerprint density at radius 1 is 1.39 bits per heavy atom. The third kappa shape index (κ3) is 4.64. The molecule has 0 aromatic heterocycles. The van der Waals surface area contributed by atoms with Crippen LogP contribution in [-0.4, -0.2) is 38.1 Å². The summed E-state index contributed by atoms with van der Waals surface area (Å²) in [6.07, 6.45) is 4.60. The van der Waals surface area contributed by atoms with Crippen molar-refractivity contribution in [1.29, 1.82) is 0 Å². The van der Waals surface area contributed by atoms with Gasteiger partial charge in [0.05, 0.1) is 5.92 Å². The first-order valence-corrected chi connectivity index (χ1v) is 6.88. The minimum absolute atomic E-state index is 0.0486. The second-order valence-corrected chi connectivity index (χ2v) is 5.20. The van der Waals surface area contributed by atoms with E-state index in [4.69, 9.17) is 4.74 Å². The Bertz CT molecular complexity index is 293. The van der Waals surface area contributed by atoms with Gasteiger partial charge in [-0.2, -0.15) is 0 Å². The number of amides is 2. The Balaban J connectivity index is 1.47. The molecule has 102 valence electrons. The van der Waals surface area contributed by atoms with Crippen LogP contribution >= 0.6 is 0 Å². The van der Waals surface area contributed by atoms with Crippen LogP contribution in [0.5, 0.6) is 0 Å². The number of carbonyl (C=O) groups excluding carboxylic acids is 2. The first kappa shape index (κ1) is 13.3. The molecule has 18 heavy (non-hydrogen) atoms. The number of hydrogen-bond donors (Lipinski definition) is 2. The molecule has 2 rings (SSSR count). The third-order valence-electron chi connectivity index (χ3n) is 3.45. The van der Waals surface area contributed by atoms with E-state index in [2.05, 4.69) is 10.6 Å². The van der Waals surface area contributed by atoms with Gasteiger partial charge < -0.3 is 15.4 Å². The van der Waals surface area contributed by atoms with Gasteiger partial charge in [-0.05, 0) is 31.6 Å². The highest BCUT2D eigenvalue weighted by Gasteiger charge is 2.24.